The lowest BCUT2D eigenvalue weighted by Gasteiger charge is -2.05. The third-order valence-electron chi connectivity index (χ3n) is 3.27. The van der Waals surface area contributed by atoms with Crippen LogP contribution in [-0.2, 0) is 16.2 Å². The molecule has 0 aliphatic rings. The monoisotopic (exact) mass is 343 g/mol. The lowest BCUT2D eigenvalue weighted by Crippen LogP contribution is -2.25. The summed E-state index contributed by atoms with van der Waals surface area (Å²) in [6, 6.07) is 15.2. The maximum Gasteiger partial charge on any atom is 0.254 e. The highest BCUT2D eigenvalue weighted by molar-refractivity contribution is 7.99. The number of imidazole rings is 1. The first-order chi connectivity index (χ1) is 11.7. The Morgan fingerprint density at radius 3 is 2.88 bits per heavy atom. The van der Waals surface area contributed by atoms with Crippen molar-refractivity contribution in [3.63, 3.8) is 0 Å². The molecule has 0 unspecified atom stereocenters. The number of nitrogens with one attached hydrogen (secondary N) is 2. The van der Waals surface area contributed by atoms with E-state index in [-0.39, 0.29) is 11.7 Å². The van der Waals surface area contributed by atoms with Gasteiger partial charge < -0.3 is 9.72 Å². The van der Waals surface area contributed by atoms with Crippen LogP contribution in [0.4, 0.5) is 0 Å². The number of hydroxylamine groups is 1. The Morgan fingerprint density at radius 1 is 1.25 bits per heavy atom. The molecule has 7 heteroatoms. The van der Waals surface area contributed by atoms with Crippen LogP contribution >= 0.6 is 11.8 Å². The zero-order valence-corrected chi connectivity index (χ0v) is 13.9. The quantitative estimate of drug-likeness (QED) is 0.509. The number of hydrogen-bond donors (Lipinski definition) is 2. The molecule has 0 saturated carbocycles. The molecule has 0 radical (unpaired) electrons. The fourth-order valence-electron chi connectivity index (χ4n) is 2.10. The molecular weight excluding hydrogens is 326 g/mol. The van der Waals surface area contributed by atoms with Gasteiger partial charge in [-0.25, -0.2) is 10.5 Å². The van der Waals surface area contributed by atoms with E-state index in [2.05, 4.69) is 15.4 Å². The number of rotatable bonds is 7. The van der Waals surface area contributed by atoms with E-state index in [1.807, 2.05) is 48.5 Å². The van der Waals surface area contributed by atoms with Crippen LogP contribution in [0.25, 0.3) is 11.0 Å². The second-order valence-electron chi connectivity index (χ2n) is 5.01. The van der Waals surface area contributed by atoms with E-state index < -0.39 is 0 Å². The fourth-order valence-corrected chi connectivity index (χ4v) is 2.77. The SMILES string of the molecule is COc1ccc2nc(SCC(=O)NOCc3ccccc3)[nH]c2c1. The summed E-state index contributed by atoms with van der Waals surface area (Å²) in [4.78, 5) is 24.6. The van der Waals surface area contributed by atoms with Gasteiger partial charge in [-0.3, -0.25) is 9.63 Å². The predicted octanol–water partition coefficient (Wildman–Crippen LogP) is 2.91. The van der Waals surface area contributed by atoms with Crippen LogP contribution in [0.15, 0.2) is 53.7 Å². The second kappa shape index (κ2) is 7.85. The van der Waals surface area contributed by atoms with Gasteiger partial charge >= 0.3 is 0 Å². The highest BCUT2D eigenvalue weighted by Crippen LogP contribution is 2.22. The van der Waals surface area contributed by atoms with Crippen molar-refractivity contribution in [2.24, 2.45) is 0 Å². The van der Waals surface area contributed by atoms with Gasteiger partial charge in [0.25, 0.3) is 5.91 Å². The zero-order chi connectivity index (χ0) is 16.8. The summed E-state index contributed by atoms with van der Waals surface area (Å²) in [5, 5.41) is 0.677. The summed E-state index contributed by atoms with van der Waals surface area (Å²) in [6.45, 7) is 0.335. The van der Waals surface area contributed by atoms with Gasteiger partial charge in [-0.1, -0.05) is 42.1 Å². The minimum absolute atomic E-state index is 0.214. The number of nitrogens with zero attached hydrogens (tertiary/aromatic N) is 1. The fraction of sp³-hybridized carbons (Fsp3) is 0.176. The molecular formula is C17H17N3O3S. The summed E-state index contributed by atoms with van der Waals surface area (Å²) >= 11 is 1.31. The van der Waals surface area contributed by atoms with Crippen LogP contribution in [0, 0.1) is 0 Å². The molecule has 0 atom stereocenters. The van der Waals surface area contributed by atoms with E-state index >= 15 is 0 Å². The third kappa shape index (κ3) is 4.27. The van der Waals surface area contributed by atoms with Crippen molar-refractivity contribution in [1.82, 2.24) is 15.4 Å². The number of carbonyl (C=O) groups excluding carboxylic acids is 1. The first-order valence-corrected chi connectivity index (χ1v) is 8.34. The lowest BCUT2D eigenvalue weighted by molar-refractivity contribution is -0.131. The minimum Gasteiger partial charge on any atom is -0.497 e. The van der Waals surface area contributed by atoms with E-state index in [0.29, 0.717) is 11.8 Å². The van der Waals surface area contributed by atoms with Crippen molar-refractivity contribution >= 4 is 28.7 Å². The van der Waals surface area contributed by atoms with Gasteiger partial charge in [0.15, 0.2) is 5.16 Å². The van der Waals surface area contributed by atoms with Crippen LogP contribution in [0.5, 0.6) is 5.75 Å². The number of benzene rings is 2. The Labute approximate surface area is 143 Å². The van der Waals surface area contributed by atoms with Crippen LogP contribution in [-0.4, -0.2) is 28.7 Å². The Hall–Kier alpha value is -2.51. The Kier molecular flexibility index (Phi) is 5.35. The predicted molar refractivity (Wildman–Crippen MR) is 92.7 cm³/mol. The summed E-state index contributed by atoms with van der Waals surface area (Å²) in [5.74, 6) is 0.759. The number of thioether (sulfide) groups is 1. The van der Waals surface area contributed by atoms with Gasteiger partial charge in [0.05, 0.1) is 30.5 Å². The molecule has 2 N–H and O–H groups in total. The summed E-state index contributed by atoms with van der Waals surface area (Å²) < 4.78 is 5.18. The largest absolute Gasteiger partial charge is 0.497 e. The summed E-state index contributed by atoms with van der Waals surface area (Å²) in [5.41, 5.74) is 5.13. The number of H-pyrrole nitrogens is 1. The average molecular weight is 343 g/mol. The van der Waals surface area contributed by atoms with Crippen molar-refractivity contribution in [2.45, 2.75) is 11.8 Å². The Morgan fingerprint density at radius 2 is 2.08 bits per heavy atom. The molecule has 0 bridgehead atoms. The van der Waals surface area contributed by atoms with Gasteiger partial charge in [-0.15, -0.1) is 0 Å². The maximum absolute atomic E-state index is 11.8. The van der Waals surface area contributed by atoms with Crippen molar-refractivity contribution < 1.29 is 14.4 Å². The molecule has 0 spiro atoms. The molecule has 24 heavy (non-hydrogen) atoms. The normalized spacial score (nSPS) is 10.7. The van der Waals surface area contributed by atoms with E-state index in [4.69, 9.17) is 9.57 Å². The van der Waals surface area contributed by atoms with Crippen LogP contribution < -0.4 is 10.2 Å². The van der Waals surface area contributed by atoms with E-state index in [1.54, 1.807) is 7.11 Å². The van der Waals surface area contributed by atoms with Crippen molar-refractivity contribution in [3.8, 4) is 5.75 Å². The van der Waals surface area contributed by atoms with Crippen molar-refractivity contribution in [1.29, 1.82) is 0 Å². The van der Waals surface area contributed by atoms with Gasteiger partial charge in [0.1, 0.15) is 5.75 Å². The summed E-state index contributed by atoms with van der Waals surface area (Å²) in [7, 11) is 1.62. The number of fused-ring (bicyclic) bond motifs is 1. The molecule has 0 saturated heterocycles. The van der Waals surface area contributed by atoms with E-state index in [1.165, 1.54) is 11.8 Å². The minimum atomic E-state index is -0.214. The Bertz CT molecular complexity index is 820. The number of ether oxygens (including phenoxy) is 1. The smallest absolute Gasteiger partial charge is 0.254 e. The number of amides is 1. The number of aromatic amines is 1. The molecule has 124 valence electrons. The highest BCUT2D eigenvalue weighted by atomic mass is 32.2. The van der Waals surface area contributed by atoms with Gasteiger partial charge in [-0.05, 0) is 17.7 Å². The second-order valence-corrected chi connectivity index (χ2v) is 5.98. The molecule has 3 rings (SSSR count). The van der Waals surface area contributed by atoms with Gasteiger partial charge in [0.2, 0.25) is 0 Å². The number of hydrogen-bond acceptors (Lipinski definition) is 5. The average Bonchev–Trinajstić information content (AvgIpc) is 3.03. The van der Waals surface area contributed by atoms with E-state index in [9.17, 15) is 4.79 Å². The maximum atomic E-state index is 11.8. The number of carbonyl (C=O) groups is 1. The van der Waals surface area contributed by atoms with Gasteiger partial charge in [-0.2, -0.15) is 0 Å². The highest BCUT2D eigenvalue weighted by Gasteiger charge is 2.08. The van der Waals surface area contributed by atoms with E-state index in [0.717, 1.165) is 22.3 Å². The van der Waals surface area contributed by atoms with Crippen LogP contribution in [0.1, 0.15) is 5.56 Å². The molecule has 1 aromatic heterocycles. The molecule has 0 aliphatic heterocycles. The lowest BCUT2D eigenvalue weighted by atomic mass is 10.2. The van der Waals surface area contributed by atoms with Crippen LogP contribution in [0.3, 0.4) is 0 Å². The number of aromatic nitrogens is 2. The zero-order valence-electron chi connectivity index (χ0n) is 13.1. The molecule has 0 aliphatic carbocycles. The van der Waals surface area contributed by atoms with Crippen molar-refractivity contribution in [3.05, 3.63) is 54.1 Å². The first kappa shape index (κ1) is 16.4. The molecule has 1 amide bonds. The topological polar surface area (TPSA) is 76.2 Å². The molecule has 0 fully saturated rings. The van der Waals surface area contributed by atoms with Gasteiger partial charge in [0, 0.05) is 6.07 Å². The summed E-state index contributed by atoms with van der Waals surface area (Å²) in [6.07, 6.45) is 0. The Balaban J connectivity index is 1.47. The molecule has 3 aromatic rings. The van der Waals surface area contributed by atoms with Crippen molar-refractivity contribution in [2.75, 3.05) is 12.9 Å². The molecule has 6 nitrogen and oxygen atoms in total. The first-order valence-electron chi connectivity index (χ1n) is 7.36. The third-order valence-corrected chi connectivity index (χ3v) is 4.15. The molecule has 1 heterocycles. The molecule has 2 aromatic carbocycles. The standard InChI is InChI=1S/C17H17N3O3S/c1-22-13-7-8-14-15(9-13)19-17(18-14)24-11-16(21)20-23-10-12-5-3-2-4-6-12/h2-9H,10-11H2,1H3,(H,18,19)(H,20,21). The number of methoxy groups -OCH3 is 1. The van der Waals surface area contributed by atoms with Crippen LogP contribution in [0.2, 0.25) is 0 Å².